The number of nitrogens with zero attached hydrogens (tertiary/aromatic N) is 4. The summed E-state index contributed by atoms with van der Waals surface area (Å²) in [5.74, 6) is -4.01. The van der Waals surface area contributed by atoms with Crippen molar-refractivity contribution in [1.29, 1.82) is 5.26 Å². The number of Topliss-reactive ketones (excluding diaryl/α,β-unsaturated/α-hetero) is 1. The van der Waals surface area contributed by atoms with Crippen molar-refractivity contribution in [2.45, 2.75) is 31.2 Å². The fraction of sp³-hybridized carbons (Fsp3) is 0.316. The van der Waals surface area contributed by atoms with Gasteiger partial charge < -0.3 is 4.90 Å². The van der Waals surface area contributed by atoms with Gasteiger partial charge in [0.05, 0.1) is 18.3 Å². The van der Waals surface area contributed by atoms with Crippen LogP contribution in [0.15, 0.2) is 42.9 Å². The van der Waals surface area contributed by atoms with Gasteiger partial charge in [-0.1, -0.05) is 6.07 Å². The molecule has 0 aliphatic carbocycles. The molecule has 1 fully saturated rings. The van der Waals surface area contributed by atoms with Crippen LogP contribution in [0.3, 0.4) is 0 Å². The normalized spacial score (nSPS) is 18.1. The number of carbonyl (C=O) groups excluding carboxylic acids is 2. The van der Waals surface area contributed by atoms with Gasteiger partial charge in [-0.2, -0.15) is 5.26 Å². The summed E-state index contributed by atoms with van der Waals surface area (Å²) >= 11 is 0. The summed E-state index contributed by atoms with van der Waals surface area (Å²) in [4.78, 5) is 33.9. The third kappa shape index (κ3) is 4.14. The zero-order chi connectivity index (χ0) is 19.4. The van der Waals surface area contributed by atoms with Gasteiger partial charge in [-0.3, -0.25) is 19.6 Å². The molecule has 0 radical (unpaired) electrons. The van der Waals surface area contributed by atoms with Crippen LogP contribution in [0, 0.1) is 11.3 Å². The van der Waals surface area contributed by atoms with Gasteiger partial charge in [0.1, 0.15) is 6.04 Å². The lowest BCUT2D eigenvalue weighted by Gasteiger charge is -2.19. The number of likely N-dealkylation sites (tertiary alicyclic amines) is 1. The Balaban J connectivity index is 1.71. The van der Waals surface area contributed by atoms with Crippen LogP contribution in [0.1, 0.15) is 29.6 Å². The Hall–Kier alpha value is -3.21. The molecule has 1 saturated heterocycles. The molecule has 1 atom stereocenters. The molecule has 27 heavy (non-hydrogen) atoms. The molecule has 1 aliphatic heterocycles. The lowest BCUT2D eigenvalue weighted by atomic mass is 10.00. The lowest BCUT2D eigenvalue weighted by molar-refractivity contribution is -0.132. The lowest BCUT2D eigenvalue weighted by Crippen LogP contribution is -2.36. The number of alkyl halides is 2. The molecule has 1 aliphatic rings. The van der Waals surface area contributed by atoms with Crippen LogP contribution < -0.4 is 0 Å². The summed E-state index contributed by atoms with van der Waals surface area (Å²) in [6.45, 7) is -0.785. The van der Waals surface area contributed by atoms with Gasteiger partial charge >= 0.3 is 0 Å². The fourth-order valence-corrected chi connectivity index (χ4v) is 3.06. The first-order valence-electron chi connectivity index (χ1n) is 8.37. The van der Waals surface area contributed by atoms with Gasteiger partial charge in [-0.05, 0) is 18.2 Å². The minimum absolute atomic E-state index is 0.150. The summed E-state index contributed by atoms with van der Waals surface area (Å²) in [6, 6.07) is 7.37. The molecule has 0 spiro atoms. The Morgan fingerprint density at radius 1 is 1.26 bits per heavy atom. The van der Waals surface area contributed by atoms with Crippen molar-refractivity contribution in [3.8, 4) is 17.3 Å². The molecule has 3 rings (SSSR count). The summed E-state index contributed by atoms with van der Waals surface area (Å²) < 4.78 is 26.9. The Labute approximate surface area is 154 Å². The van der Waals surface area contributed by atoms with Crippen molar-refractivity contribution < 1.29 is 18.4 Å². The highest BCUT2D eigenvalue weighted by atomic mass is 19.3. The third-order valence-electron chi connectivity index (χ3n) is 4.37. The van der Waals surface area contributed by atoms with E-state index in [0.29, 0.717) is 16.8 Å². The van der Waals surface area contributed by atoms with Crippen molar-refractivity contribution in [1.82, 2.24) is 14.9 Å². The van der Waals surface area contributed by atoms with E-state index in [4.69, 9.17) is 5.26 Å². The van der Waals surface area contributed by atoms with Crippen molar-refractivity contribution >= 4 is 11.7 Å². The average molecular weight is 370 g/mol. The van der Waals surface area contributed by atoms with E-state index in [1.807, 2.05) is 0 Å². The van der Waals surface area contributed by atoms with Gasteiger partial charge in [-0.25, -0.2) is 8.78 Å². The van der Waals surface area contributed by atoms with Gasteiger partial charge in [0.25, 0.3) is 5.92 Å². The zero-order valence-electron chi connectivity index (χ0n) is 14.3. The number of carbonyl (C=O) groups is 2. The number of rotatable bonds is 5. The van der Waals surface area contributed by atoms with Crippen molar-refractivity contribution in [3.05, 3.63) is 48.4 Å². The Morgan fingerprint density at radius 2 is 2.07 bits per heavy atom. The number of hydrogen-bond acceptors (Lipinski definition) is 5. The van der Waals surface area contributed by atoms with Gasteiger partial charge in [0, 0.05) is 49.0 Å². The Morgan fingerprint density at radius 3 is 2.78 bits per heavy atom. The topological polar surface area (TPSA) is 87.0 Å². The highest BCUT2D eigenvalue weighted by molar-refractivity contribution is 6.03. The summed E-state index contributed by atoms with van der Waals surface area (Å²) in [7, 11) is 0. The van der Waals surface area contributed by atoms with E-state index in [1.54, 1.807) is 36.5 Å². The second-order valence-corrected chi connectivity index (χ2v) is 6.29. The van der Waals surface area contributed by atoms with Crippen LogP contribution >= 0.6 is 0 Å². The van der Waals surface area contributed by atoms with E-state index in [-0.39, 0.29) is 18.6 Å². The molecule has 0 aromatic carbocycles. The number of ketones is 1. The van der Waals surface area contributed by atoms with Crippen LogP contribution in [-0.2, 0) is 4.79 Å². The standard InChI is InChI=1S/C19H16F2N4O2/c20-19(21)9-13(10-22)25(12-19)18(27)5-4-17(26)14-6-8-23-11-15(14)16-3-1-2-7-24-16/h1-3,6-8,11,13H,4-5,9,12H2/t13-/m0/s1. The first-order valence-corrected chi connectivity index (χ1v) is 8.37. The molecular formula is C19H16F2N4O2. The third-order valence-corrected chi connectivity index (χ3v) is 4.37. The van der Waals surface area contributed by atoms with E-state index in [1.165, 1.54) is 12.4 Å². The minimum atomic E-state index is -3.07. The quantitative estimate of drug-likeness (QED) is 0.756. The first-order chi connectivity index (χ1) is 12.9. The van der Waals surface area contributed by atoms with Crippen LogP contribution in [-0.4, -0.2) is 45.1 Å². The number of pyridine rings is 2. The van der Waals surface area contributed by atoms with Gasteiger partial charge in [-0.15, -0.1) is 0 Å². The molecule has 3 heterocycles. The second kappa shape index (κ2) is 7.58. The first kappa shape index (κ1) is 18.6. The average Bonchev–Trinajstić information content (AvgIpc) is 3.01. The van der Waals surface area contributed by atoms with Gasteiger partial charge in [0.2, 0.25) is 5.91 Å². The molecule has 0 saturated carbocycles. The molecule has 138 valence electrons. The van der Waals surface area contributed by atoms with Crippen LogP contribution in [0.2, 0.25) is 0 Å². The van der Waals surface area contributed by atoms with Crippen molar-refractivity contribution in [2.75, 3.05) is 6.54 Å². The van der Waals surface area contributed by atoms with Crippen LogP contribution in [0.4, 0.5) is 8.78 Å². The maximum absolute atomic E-state index is 13.5. The molecule has 1 amide bonds. The summed E-state index contributed by atoms with van der Waals surface area (Å²) in [5, 5.41) is 8.98. The van der Waals surface area contributed by atoms with E-state index >= 15 is 0 Å². The van der Waals surface area contributed by atoms with Crippen LogP contribution in [0.25, 0.3) is 11.3 Å². The zero-order valence-corrected chi connectivity index (χ0v) is 14.3. The Kier molecular flexibility index (Phi) is 5.21. The molecule has 0 N–H and O–H groups in total. The fourth-order valence-electron chi connectivity index (χ4n) is 3.06. The number of nitriles is 1. The summed E-state index contributed by atoms with van der Waals surface area (Å²) in [5.41, 5.74) is 1.47. The SMILES string of the molecule is N#C[C@@H]1CC(F)(F)CN1C(=O)CCC(=O)c1ccncc1-c1ccccn1. The maximum atomic E-state index is 13.5. The molecule has 8 heteroatoms. The predicted octanol–water partition coefficient (Wildman–Crippen LogP) is 2.87. The second-order valence-electron chi connectivity index (χ2n) is 6.29. The van der Waals surface area contributed by atoms with E-state index in [2.05, 4.69) is 9.97 Å². The molecule has 2 aromatic heterocycles. The van der Waals surface area contributed by atoms with E-state index in [9.17, 15) is 18.4 Å². The van der Waals surface area contributed by atoms with Crippen molar-refractivity contribution in [2.24, 2.45) is 0 Å². The number of aromatic nitrogens is 2. The smallest absolute Gasteiger partial charge is 0.268 e. The predicted molar refractivity (Wildman–Crippen MR) is 91.7 cm³/mol. The molecule has 0 bridgehead atoms. The number of amides is 1. The minimum Gasteiger partial charge on any atom is -0.320 e. The van der Waals surface area contributed by atoms with E-state index in [0.717, 1.165) is 4.90 Å². The number of halogens is 2. The Bertz CT molecular complexity index is 896. The molecule has 2 aromatic rings. The summed E-state index contributed by atoms with van der Waals surface area (Å²) in [6.07, 6.45) is 3.52. The van der Waals surface area contributed by atoms with E-state index < -0.39 is 30.8 Å². The molecular weight excluding hydrogens is 354 g/mol. The molecule has 6 nitrogen and oxygen atoms in total. The largest absolute Gasteiger partial charge is 0.320 e. The maximum Gasteiger partial charge on any atom is 0.268 e. The molecule has 0 unspecified atom stereocenters. The highest BCUT2D eigenvalue weighted by Crippen LogP contribution is 2.32. The number of hydrogen-bond donors (Lipinski definition) is 0. The monoisotopic (exact) mass is 370 g/mol. The van der Waals surface area contributed by atoms with Gasteiger partial charge in [0.15, 0.2) is 5.78 Å². The van der Waals surface area contributed by atoms with Crippen molar-refractivity contribution in [3.63, 3.8) is 0 Å². The highest BCUT2D eigenvalue weighted by Gasteiger charge is 2.47. The van der Waals surface area contributed by atoms with Crippen LogP contribution in [0.5, 0.6) is 0 Å².